The SMILES string of the molecule is c1ccc(-c2nc(-c3ccc4c(ccc5ccccc54)c3)nc(-c3cccc4oc5c(-c6ccc7oc8ccccc8c7c6)cccc5c34)n2)cc1. The molecule has 0 fully saturated rings. The minimum Gasteiger partial charge on any atom is -0.456 e. The Morgan fingerprint density at radius 3 is 1.90 bits per heavy atom. The van der Waals surface area contributed by atoms with Gasteiger partial charge in [0.2, 0.25) is 0 Å². The Hall–Kier alpha value is -7.11. The second-order valence-corrected chi connectivity index (χ2v) is 13.2. The molecule has 0 bridgehead atoms. The predicted octanol–water partition coefficient (Wildman–Crippen LogP) is 12.6. The average Bonchev–Trinajstić information content (AvgIpc) is 3.79. The van der Waals surface area contributed by atoms with E-state index in [1.54, 1.807) is 0 Å². The molecule has 0 saturated heterocycles. The number of benzene rings is 8. The van der Waals surface area contributed by atoms with Crippen molar-refractivity contribution in [2.45, 2.75) is 0 Å². The van der Waals surface area contributed by atoms with Crippen LogP contribution in [0, 0.1) is 0 Å². The molecule has 5 nitrogen and oxygen atoms in total. The average molecular weight is 666 g/mol. The molecule has 0 radical (unpaired) electrons. The molecule has 5 heteroatoms. The van der Waals surface area contributed by atoms with Gasteiger partial charge in [-0.3, -0.25) is 0 Å². The summed E-state index contributed by atoms with van der Waals surface area (Å²) in [5.74, 6) is 1.82. The molecule has 0 saturated carbocycles. The summed E-state index contributed by atoms with van der Waals surface area (Å²) in [6.07, 6.45) is 0. The van der Waals surface area contributed by atoms with E-state index in [2.05, 4.69) is 97.1 Å². The molecule has 0 aliphatic carbocycles. The molecule has 0 spiro atoms. The largest absolute Gasteiger partial charge is 0.456 e. The third kappa shape index (κ3) is 4.46. The fourth-order valence-corrected chi connectivity index (χ4v) is 7.65. The summed E-state index contributed by atoms with van der Waals surface area (Å²) >= 11 is 0. The maximum Gasteiger partial charge on any atom is 0.164 e. The first-order valence-corrected chi connectivity index (χ1v) is 17.3. The Balaban J connectivity index is 1.11. The van der Waals surface area contributed by atoms with Gasteiger partial charge in [-0.05, 0) is 57.4 Å². The first kappa shape index (κ1) is 28.7. The van der Waals surface area contributed by atoms with Crippen molar-refractivity contribution >= 4 is 65.4 Å². The van der Waals surface area contributed by atoms with E-state index in [4.69, 9.17) is 23.8 Å². The lowest BCUT2D eigenvalue weighted by atomic mass is 9.99. The zero-order valence-corrected chi connectivity index (χ0v) is 27.7. The Morgan fingerprint density at radius 2 is 0.981 bits per heavy atom. The molecule has 0 aliphatic rings. The maximum absolute atomic E-state index is 6.70. The molecule has 0 aliphatic heterocycles. The Bertz CT molecular complexity index is 3190. The first-order chi connectivity index (χ1) is 25.7. The monoisotopic (exact) mass is 665 g/mol. The normalized spacial score (nSPS) is 11.8. The van der Waals surface area contributed by atoms with Gasteiger partial charge in [0.05, 0.1) is 0 Å². The van der Waals surface area contributed by atoms with E-state index in [1.165, 1.54) is 16.2 Å². The zero-order valence-electron chi connectivity index (χ0n) is 27.7. The Morgan fingerprint density at radius 1 is 0.327 bits per heavy atom. The second-order valence-electron chi connectivity index (χ2n) is 13.2. The van der Waals surface area contributed by atoms with E-state index in [0.717, 1.165) is 77.1 Å². The highest BCUT2D eigenvalue weighted by molar-refractivity contribution is 6.16. The number of hydrogen-bond donors (Lipinski definition) is 0. The van der Waals surface area contributed by atoms with E-state index in [0.29, 0.717) is 17.5 Å². The number of fused-ring (bicyclic) bond motifs is 9. The van der Waals surface area contributed by atoms with Crippen LogP contribution in [-0.2, 0) is 0 Å². The minimum atomic E-state index is 0.590. The third-order valence-electron chi connectivity index (χ3n) is 10.1. The predicted molar refractivity (Wildman–Crippen MR) is 211 cm³/mol. The van der Waals surface area contributed by atoms with E-state index in [9.17, 15) is 0 Å². The van der Waals surface area contributed by atoms with Crippen LogP contribution in [0.1, 0.15) is 0 Å². The summed E-state index contributed by atoms with van der Waals surface area (Å²) in [6.45, 7) is 0. The van der Waals surface area contributed by atoms with Crippen molar-refractivity contribution in [3.63, 3.8) is 0 Å². The van der Waals surface area contributed by atoms with Crippen LogP contribution in [-0.4, -0.2) is 15.0 Å². The molecule has 0 unspecified atom stereocenters. The molecule has 3 aromatic heterocycles. The van der Waals surface area contributed by atoms with Crippen LogP contribution in [0.2, 0.25) is 0 Å². The molecule has 0 atom stereocenters. The standard InChI is InChI=1S/C47H27N3O2/c1-2-11-29(12-3-1)45-48-46(32-22-24-34-30(26-32)21-20-28-10-4-5-13-33(28)34)50-47(49-45)38-17-9-19-42-43(38)37-16-8-15-35(44(37)52-42)31-23-25-41-39(27-31)36-14-6-7-18-40(36)51-41/h1-27H. The smallest absolute Gasteiger partial charge is 0.164 e. The lowest BCUT2D eigenvalue weighted by molar-refractivity contribution is 0.668. The van der Waals surface area contributed by atoms with Crippen molar-refractivity contribution in [3.05, 3.63) is 164 Å². The topological polar surface area (TPSA) is 65.0 Å². The molecule has 242 valence electrons. The van der Waals surface area contributed by atoms with Crippen LogP contribution >= 0.6 is 0 Å². The molecule has 0 amide bonds. The maximum atomic E-state index is 6.70. The minimum absolute atomic E-state index is 0.590. The van der Waals surface area contributed by atoms with Crippen molar-refractivity contribution in [1.29, 1.82) is 0 Å². The Labute approximate surface area is 297 Å². The summed E-state index contributed by atoms with van der Waals surface area (Å²) in [5, 5.41) is 8.92. The van der Waals surface area contributed by atoms with Crippen LogP contribution < -0.4 is 0 Å². The number of nitrogens with zero attached hydrogens (tertiary/aromatic N) is 3. The van der Waals surface area contributed by atoms with E-state index in [1.807, 2.05) is 66.7 Å². The molecular formula is C47H27N3O2. The van der Waals surface area contributed by atoms with E-state index in [-0.39, 0.29) is 0 Å². The van der Waals surface area contributed by atoms with Gasteiger partial charge < -0.3 is 8.83 Å². The summed E-state index contributed by atoms with van der Waals surface area (Å²) in [7, 11) is 0. The Kier molecular flexibility index (Phi) is 6.18. The molecule has 11 rings (SSSR count). The van der Waals surface area contributed by atoms with Gasteiger partial charge in [-0.25, -0.2) is 15.0 Å². The zero-order chi connectivity index (χ0) is 34.2. The van der Waals surface area contributed by atoms with Crippen LogP contribution in [0.4, 0.5) is 0 Å². The fourth-order valence-electron chi connectivity index (χ4n) is 7.65. The number of rotatable bonds is 4. The summed E-state index contributed by atoms with van der Waals surface area (Å²) < 4.78 is 12.8. The van der Waals surface area contributed by atoms with Crippen molar-refractivity contribution < 1.29 is 8.83 Å². The van der Waals surface area contributed by atoms with Gasteiger partial charge in [-0.15, -0.1) is 0 Å². The summed E-state index contributed by atoms with van der Waals surface area (Å²) in [4.78, 5) is 15.3. The molecule has 11 aromatic rings. The lowest BCUT2D eigenvalue weighted by Crippen LogP contribution is -2.00. The van der Waals surface area contributed by atoms with Crippen LogP contribution in [0.3, 0.4) is 0 Å². The van der Waals surface area contributed by atoms with Crippen molar-refractivity contribution in [1.82, 2.24) is 15.0 Å². The highest BCUT2D eigenvalue weighted by Crippen LogP contribution is 2.42. The highest BCUT2D eigenvalue weighted by Gasteiger charge is 2.20. The molecule has 8 aromatic carbocycles. The van der Waals surface area contributed by atoms with Crippen molar-refractivity contribution in [2.75, 3.05) is 0 Å². The first-order valence-electron chi connectivity index (χ1n) is 17.3. The summed E-state index contributed by atoms with van der Waals surface area (Å²) in [5.41, 5.74) is 8.14. The summed E-state index contributed by atoms with van der Waals surface area (Å²) in [6, 6.07) is 56.3. The van der Waals surface area contributed by atoms with Gasteiger partial charge in [-0.1, -0.05) is 133 Å². The van der Waals surface area contributed by atoms with Crippen LogP contribution in [0.15, 0.2) is 173 Å². The fraction of sp³-hybridized carbons (Fsp3) is 0. The number of para-hydroxylation sites is 2. The van der Waals surface area contributed by atoms with Gasteiger partial charge in [0, 0.05) is 43.8 Å². The lowest BCUT2D eigenvalue weighted by Gasteiger charge is -2.10. The quantitative estimate of drug-likeness (QED) is 0.175. The van der Waals surface area contributed by atoms with Crippen LogP contribution in [0.5, 0.6) is 0 Å². The van der Waals surface area contributed by atoms with E-state index >= 15 is 0 Å². The third-order valence-corrected chi connectivity index (χ3v) is 10.1. The molecular weight excluding hydrogens is 639 g/mol. The second kappa shape index (κ2) is 11.2. The molecule has 3 heterocycles. The highest BCUT2D eigenvalue weighted by atomic mass is 16.3. The van der Waals surface area contributed by atoms with Gasteiger partial charge in [0.1, 0.15) is 22.3 Å². The van der Waals surface area contributed by atoms with E-state index < -0.39 is 0 Å². The van der Waals surface area contributed by atoms with Gasteiger partial charge >= 0.3 is 0 Å². The number of hydrogen-bond acceptors (Lipinski definition) is 5. The van der Waals surface area contributed by atoms with Gasteiger partial charge in [0.25, 0.3) is 0 Å². The van der Waals surface area contributed by atoms with Gasteiger partial charge in [-0.2, -0.15) is 0 Å². The van der Waals surface area contributed by atoms with Crippen LogP contribution in [0.25, 0.3) is 111 Å². The molecule has 0 N–H and O–H groups in total. The molecule has 52 heavy (non-hydrogen) atoms. The number of furan rings is 2. The van der Waals surface area contributed by atoms with Gasteiger partial charge in [0.15, 0.2) is 17.5 Å². The van der Waals surface area contributed by atoms with Crippen molar-refractivity contribution in [2.24, 2.45) is 0 Å². The number of aromatic nitrogens is 3. The van der Waals surface area contributed by atoms with Crippen molar-refractivity contribution in [3.8, 4) is 45.3 Å².